The average Bonchev–Trinajstić information content (AvgIpc) is 2.89. The number of ether oxygens (including phenoxy) is 6. The van der Waals surface area contributed by atoms with Crippen molar-refractivity contribution in [3.63, 3.8) is 0 Å². The van der Waals surface area contributed by atoms with E-state index in [1.54, 1.807) is 42.5 Å². The summed E-state index contributed by atoms with van der Waals surface area (Å²) in [4.78, 5) is 61.4. The van der Waals surface area contributed by atoms with E-state index in [0.29, 0.717) is 27.0 Å². The van der Waals surface area contributed by atoms with Crippen LogP contribution in [0.4, 0.5) is 11.4 Å². The predicted octanol–water partition coefficient (Wildman–Crippen LogP) is 3.52. The molecule has 0 bridgehead atoms. The van der Waals surface area contributed by atoms with Gasteiger partial charge in [0.05, 0.1) is 29.3 Å². The molecule has 0 aromatic heterocycles. The molecule has 2 aromatic carbocycles. The molecule has 14 heteroatoms. The maximum Gasteiger partial charge on any atom is 0.339 e. The minimum Gasteiger partial charge on any atom is -0.467 e. The molecule has 41 heavy (non-hydrogen) atoms. The van der Waals surface area contributed by atoms with Crippen LogP contribution in [0.15, 0.2) is 42.5 Å². The third-order valence-electron chi connectivity index (χ3n) is 5.66. The summed E-state index contributed by atoms with van der Waals surface area (Å²) in [5.74, 6) is -4.48. The molecular weight excluding hydrogens is 585 g/mol. The third-order valence-corrected chi connectivity index (χ3v) is 6.29. The van der Waals surface area contributed by atoms with Gasteiger partial charge in [-0.25, -0.2) is 4.79 Å². The molecule has 220 valence electrons. The second-order valence-electron chi connectivity index (χ2n) is 8.72. The molecule has 1 aliphatic heterocycles. The van der Waals surface area contributed by atoms with Crippen molar-refractivity contribution in [2.75, 3.05) is 12.4 Å². The van der Waals surface area contributed by atoms with Crippen molar-refractivity contribution in [3.05, 3.63) is 58.1 Å². The van der Waals surface area contributed by atoms with Crippen molar-refractivity contribution >= 4 is 64.4 Å². The molecule has 1 heterocycles. The van der Waals surface area contributed by atoms with Crippen molar-refractivity contribution in [2.45, 2.75) is 57.9 Å². The monoisotopic (exact) mass is 611 g/mol. The van der Waals surface area contributed by atoms with Crippen LogP contribution in [0, 0.1) is 0 Å². The fourth-order valence-corrected chi connectivity index (χ4v) is 4.54. The van der Waals surface area contributed by atoms with E-state index in [2.05, 4.69) is 5.32 Å². The van der Waals surface area contributed by atoms with Crippen LogP contribution < -0.4 is 5.32 Å². The number of hydrogen-bond acceptors (Lipinski definition) is 12. The maximum absolute atomic E-state index is 13.2. The Balaban J connectivity index is 1.91. The van der Waals surface area contributed by atoms with Crippen molar-refractivity contribution in [2.24, 2.45) is 0 Å². The van der Waals surface area contributed by atoms with Gasteiger partial charge >= 0.3 is 29.8 Å². The highest BCUT2D eigenvalue weighted by Gasteiger charge is 2.56. The minimum atomic E-state index is -1.76. The summed E-state index contributed by atoms with van der Waals surface area (Å²) >= 11 is 12.5. The number of benzene rings is 2. The zero-order valence-electron chi connectivity index (χ0n) is 22.4. The molecule has 1 saturated heterocycles. The van der Waals surface area contributed by atoms with Gasteiger partial charge in [-0.05, 0) is 23.8 Å². The average molecular weight is 612 g/mol. The lowest BCUT2D eigenvalue weighted by Crippen LogP contribution is -2.64. The van der Waals surface area contributed by atoms with Crippen molar-refractivity contribution in [3.8, 4) is 0 Å². The first-order valence-electron chi connectivity index (χ1n) is 12.1. The Morgan fingerprint density at radius 1 is 0.780 bits per heavy atom. The van der Waals surface area contributed by atoms with Gasteiger partial charge in [-0.3, -0.25) is 19.2 Å². The molecule has 12 nitrogen and oxygen atoms in total. The van der Waals surface area contributed by atoms with Crippen LogP contribution in [0.2, 0.25) is 10.0 Å². The van der Waals surface area contributed by atoms with Crippen LogP contribution in [0.1, 0.15) is 26.3 Å². The number of rotatable bonds is 9. The van der Waals surface area contributed by atoms with E-state index in [1.807, 2.05) is 0 Å². The topological polar surface area (TPSA) is 153 Å². The lowest BCUT2D eigenvalue weighted by atomic mass is 9.97. The van der Waals surface area contributed by atoms with Crippen molar-refractivity contribution < 1.29 is 52.4 Å². The first kappa shape index (κ1) is 31.7. The number of halogens is 2. The molecule has 0 aliphatic carbocycles. The van der Waals surface area contributed by atoms with Crippen LogP contribution in [0.3, 0.4) is 0 Å². The van der Waals surface area contributed by atoms with Gasteiger partial charge in [-0.2, -0.15) is 0 Å². The minimum absolute atomic E-state index is 0.327. The first-order chi connectivity index (χ1) is 19.4. The highest BCUT2D eigenvalue weighted by atomic mass is 35.5. The largest absolute Gasteiger partial charge is 0.467 e. The molecule has 2 aromatic rings. The van der Waals surface area contributed by atoms with Gasteiger partial charge in [0.15, 0.2) is 18.3 Å². The number of carbonyl (C=O) groups excluding carboxylic acids is 5. The number of para-hydroxylation sites is 2. The molecule has 0 amide bonds. The van der Waals surface area contributed by atoms with E-state index in [-0.39, 0.29) is 6.42 Å². The van der Waals surface area contributed by atoms with Gasteiger partial charge in [0.1, 0.15) is 0 Å². The molecule has 1 aliphatic rings. The van der Waals surface area contributed by atoms with Gasteiger partial charge < -0.3 is 33.7 Å². The molecule has 0 saturated carbocycles. The number of carbonyl (C=O) groups is 5. The standard InChI is InChI=1S/C27H27Cl2NO11/c1-13(31)37-22-23(38-14(2)32)25(39-15(3)33)27(41-24(22)26(35)36-4)40-20(34)12-16-8-5-6-11-19(16)30-21-17(28)9-7-10-18(21)29/h5-11,22-25,27,30H,12H2,1-4H3/t22-,23-,24-,25+,27+/m0/s1. The number of nitrogens with one attached hydrogen (secondary N) is 1. The third kappa shape index (κ3) is 8.32. The Morgan fingerprint density at radius 3 is 1.93 bits per heavy atom. The molecule has 0 unspecified atom stereocenters. The SMILES string of the molecule is COC(=O)[C@H]1O[C@@H](OC(=O)Cc2ccccc2Nc2c(Cl)cccc2Cl)[C@H](OC(C)=O)[C@@H](OC(C)=O)[C@@H]1OC(C)=O. The van der Waals surface area contributed by atoms with Gasteiger partial charge in [0.25, 0.3) is 0 Å². The highest BCUT2D eigenvalue weighted by molar-refractivity contribution is 6.39. The van der Waals surface area contributed by atoms with Crippen molar-refractivity contribution in [1.29, 1.82) is 0 Å². The Kier molecular flexibility index (Phi) is 10.9. The number of methoxy groups -OCH3 is 1. The Labute approximate surface area is 245 Å². The zero-order chi connectivity index (χ0) is 30.3. The van der Waals surface area contributed by atoms with E-state index in [4.69, 9.17) is 51.6 Å². The lowest BCUT2D eigenvalue weighted by molar-refractivity contribution is -0.294. The number of anilines is 2. The van der Waals surface area contributed by atoms with Crippen LogP contribution in [-0.4, -0.2) is 67.7 Å². The zero-order valence-corrected chi connectivity index (χ0v) is 23.9. The highest BCUT2D eigenvalue weighted by Crippen LogP contribution is 2.34. The molecule has 1 N–H and O–H groups in total. The summed E-state index contributed by atoms with van der Waals surface area (Å²) in [6.45, 7) is 3.15. The Hall–Kier alpha value is -3.87. The van der Waals surface area contributed by atoms with E-state index < -0.39 is 60.6 Å². The van der Waals surface area contributed by atoms with Crippen LogP contribution in [0.25, 0.3) is 0 Å². The first-order valence-corrected chi connectivity index (χ1v) is 12.9. The Morgan fingerprint density at radius 2 is 1.34 bits per heavy atom. The molecular formula is C27H27Cl2NO11. The maximum atomic E-state index is 13.2. The predicted molar refractivity (Wildman–Crippen MR) is 143 cm³/mol. The van der Waals surface area contributed by atoms with E-state index in [1.165, 1.54) is 0 Å². The van der Waals surface area contributed by atoms with E-state index in [0.717, 1.165) is 27.9 Å². The summed E-state index contributed by atoms with van der Waals surface area (Å²) in [5, 5.41) is 3.79. The molecule has 0 radical (unpaired) electrons. The fourth-order valence-electron chi connectivity index (χ4n) is 4.05. The van der Waals surface area contributed by atoms with Gasteiger partial charge in [0.2, 0.25) is 12.4 Å². The smallest absolute Gasteiger partial charge is 0.339 e. The number of hydrogen-bond donors (Lipinski definition) is 1. The normalized spacial score (nSPS) is 21.7. The van der Waals surface area contributed by atoms with E-state index in [9.17, 15) is 24.0 Å². The van der Waals surface area contributed by atoms with Crippen LogP contribution in [-0.2, 0) is 58.8 Å². The van der Waals surface area contributed by atoms with E-state index >= 15 is 0 Å². The fraction of sp³-hybridized carbons (Fsp3) is 0.370. The van der Waals surface area contributed by atoms with Gasteiger partial charge in [-0.15, -0.1) is 0 Å². The van der Waals surface area contributed by atoms with Crippen LogP contribution in [0.5, 0.6) is 0 Å². The second-order valence-corrected chi connectivity index (χ2v) is 9.53. The van der Waals surface area contributed by atoms with Gasteiger partial charge in [0, 0.05) is 26.5 Å². The summed E-state index contributed by atoms with van der Waals surface area (Å²) in [7, 11) is 1.05. The summed E-state index contributed by atoms with van der Waals surface area (Å²) in [6.07, 6.45) is -8.58. The Bertz CT molecular complexity index is 1300. The molecule has 3 rings (SSSR count). The van der Waals surface area contributed by atoms with Gasteiger partial charge in [-0.1, -0.05) is 47.5 Å². The quantitative estimate of drug-likeness (QED) is 0.326. The number of esters is 5. The molecule has 5 atom stereocenters. The molecule has 1 fully saturated rings. The second kappa shape index (κ2) is 14.2. The van der Waals surface area contributed by atoms with Crippen LogP contribution >= 0.6 is 23.2 Å². The lowest BCUT2D eigenvalue weighted by Gasteiger charge is -2.42. The summed E-state index contributed by atoms with van der Waals surface area (Å²) in [5.41, 5.74) is 1.37. The summed E-state index contributed by atoms with van der Waals surface area (Å²) in [6, 6.07) is 11.7. The van der Waals surface area contributed by atoms with Crippen molar-refractivity contribution in [1.82, 2.24) is 0 Å². The summed E-state index contributed by atoms with van der Waals surface area (Å²) < 4.78 is 31.6. The molecule has 0 spiro atoms.